The average Bonchev–Trinajstić information content (AvgIpc) is 2.96. The number of carboxylic acid groups (broad SMARTS) is 1. The molecule has 136 valence electrons. The fraction of sp³-hybridized carbons (Fsp3) is 0.500. The largest absolute Gasteiger partial charge is 0.492 e. The lowest BCUT2D eigenvalue weighted by molar-refractivity contribution is -0.146. The van der Waals surface area contributed by atoms with Gasteiger partial charge < -0.3 is 19.6 Å². The molecule has 7 nitrogen and oxygen atoms in total. The molecule has 1 aromatic rings. The van der Waals surface area contributed by atoms with Crippen LogP contribution in [0.3, 0.4) is 0 Å². The van der Waals surface area contributed by atoms with Gasteiger partial charge in [0.2, 0.25) is 11.8 Å². The van der Waals surface area contributed by atoms with Crippen LogP contribution in [0.25, 0.3) is 0 Å². The molecule has 0 aliphatic carbocycles. The molecule has 1 aliphatic rings. The summed E-state index contributed by atoms with van der Waals surface area (Å²) in [5.41, 5.74) is 0.643. The highest BCUT2D eigenvalue weighted by atomic mass is 16.5. The van der Waals surface area contributed by atoms with Crippen LogP contribution in [0.15, 0.2) is 24.3 Å². The fourth-order valence-electron chi connectivity index (χ4n) is 3.02. The quantitative estimate of drug-likeness (QED) is 0.773. The van der Waals surface area contributed by atoms with E-state index in [2.05, 4.69) is 0 Å². The zero-order chi connectivity index (χ0) is 18.4. The summed E-state index contributed by atoms with van der Waals surface area (Å²) in [5, 5.41) is 8.99. The van der Waals surface area contributed by atoms with Crippen molar-refractivity contribution in [3.63, 3.8) is 0 Å². The van der Waals surface area contributed by atoms with Gasteiger partial charge in [0.15, 0.2) is 0 Å². The monoisotopic (exact) mass is 348 g/mol. The predicted octanol–water partition coefficient (Wildman–Crippen LogP) is 1.76. The number of carbonyl (C=O) groups excluding carboxylic acids is 2. The topological polar surface area (TPSA) is 87.2 Å². The van der Waals surface area contributed by atoms with Gasteiger partial charge in [-0.05, 0) is 25.5 Å². The van der Waals surface area contributed by atoms with Crippen molar-refractivity contribution in [1.29, 1.82) is 0 Å². The van der Waals surface area contributed by atoms with Gasteiger partial charge in [0.1, 0.15) is 12.3 Å². The van der Waals surface area contributed by atoms with Crippen LogP contribution in [-0.4, -0.2) is 54.0 Å². The maximum atomic E-state index is 12.7. The highest BCUT2D eigenvalue weighted by Gasteiger charge is 2.38. The molecule has 0 bridgehead atoms. The Balaban J connectivity index is 2.16. The summed E-state index contributed by atoms with van der Waals surface area (Å²) in [6.45, 7) is 4.49. The summed E-state index contributed by atoms with van der Waals surface area (Å²) in [4.78, 5) is 38.9. The first kappa shape index (κ1) is 18.8. The zero-order valence-corrected chi connectivity index (χ0v) is 14.6. The van der Waals surface area contributed by atoms with Crippen molar-refractivity contribution in [2.45, 2.75) is 26.7 Å². The number of aliphatic carboxylic acids is 1. The summed E-state index contributed by atoms with van der Waals surface area (Å²) in [6, 6.07) is 7.22. The molecule has 7 heteroatoms. The zero-order valence-electron chi connectivity index (χ0n) is 14.6. The Kier molecular flexibility index (Phi) is 6.38. The minimum atomic E-state index is -1.05. The Hall–Kier alpha value is -2.57. The molecule has 0 radical (unpaired) electrons. The lowest BCUT2D eigenvalue weighted by Crippen LogP contribution is -2.41. The Morgan fingerprint density at radius 2 is 2.04 bits per heavy atom. The number of hydrogen-bond acceptors (Lipinski definition) is 4. The van der Waals surface area contributed by atoms with Crippen molar-refractivity contribution in [2.24, 2.45) is 5.92 Å². The maximum Gasteiger partial charge on any atom is 0.323 e. The van der Waals surface area contributed by atoms with Crippen LogP contribution in [-0.2, 0) is 14.4 Å². The van der Waals surface area contributed by atoms with Crippen molar-refractivity contribution in [3.05, 3.63) is 24.3 Å². The molecule has 2 amide bonds. The van der Waals surface area contributed by atoms with E-state index in [4.69, 9.17) is 9.84 Å². The molecule has 1 atom stereocenters. The minimum absolute atomic E-state index is 0.0825. The van der Waals surface area contributed by atoms with Crippen molar-refractivity contribution < 1.29 is 24.2 Å². The summed E-state index contributed by atoms with van der Waals surface area (Å²) in [6.07, 6.45) is 0.746. The average molecular weight is 348 g/mol. The van der Waals surface area contributed by atoms with Crippen LogP contribution in [0.4, 0.5) is 5.69 Å². The number of anilines is 1. The molecule has 1 aromatic carbocycles. The Bertz CT molecular complexity index is 646. The van der Waals surface area contributed by atoms with Gasteiger partial charge in [0, 0.05) is 19.5 Å². The molecule has 25 heavy (non-hydrogen) atoms. The van der Waals surface area contributed by atoms with Gasteiger partial charge in [0.25, 0.3) is 0 Å². The first-order valence-electron chi connectivity index (χ1n) is 8.50. The Labute approximate surface area is 147 Å². The van der Waals surface area contributed by atoms with E-state index < -0.39 is 11.9 Å². The molecule has 0 spiro atoms. The molecule has 1 saturated heterocycles. The number of carboxylic acids is 1. The van der Waals surface area contributed by atoms with Crippen LogP contribution < -0.4 is 9.64 Å². The van der Waals surface area contributed by atoms with E-state index in [9.17, 15) is 14.4 Å². The highest BCUT2D eigenvalue weighted by Crippen LogP contribution is 2.33. The molecule has 1 heterocycles. The summed E-state index contributed by atoms with van der Waals surface area (Å²) in [5.74, 6) is -1.42. The Morgan fingerprint density at radius 1 is 1.32 bits per heavy atom. The van der Waals surface area contributed by atoms with E-state index in [1.807, 2.05) is 26.0 Å². The summed E-state index contributed by atoms with van der Waals surface area (Å²) in [7, 11) is 0. The normalized spacial score (nSPS) is 16.8. The molecule has 1 N–H and O–H groups in total. The second-order valence-electron chi connectivity index (χ2n) is 5.96. The van der Waals surface area contributed by atoms with E-state index in [-0.39, 0.29) is 31.3 Å². The van der Waals surface area contributed by atoms with Gasteiger partial charge in [-0.15, -0.1) is 0 Å². The minimum Gasteiger partial charge on any atom is -0.492 e. The Morgan fingerprint density at radius 3 is 2.68 bits per heavy atom. The van der Waals surface area contributed by atoms with Crippen LogP contribution in [0.2, 0.25) is 0 Å². The molecule has 1 aliphatic heterocycles. The van der Waals surface area contributed by atoms with Crippen LogP contribution in [0, 0.1) is 5.92 Å². The first-order chi connectivity index (χ1) is 12.0. The second kappa shape index (κ2) is 8.50. The number of benzene rings is 1. The van der Waals surface area contributed by atoms with Crippen LogP contribution >= 0.6 is 0 Å². The molecule has 0 saturated carbocycles. The van der Waals surface area contributed by atoms with Gasteiger partial charge in [-0.25, -0.2) is 0 Å². The molecule has 0 aromatic heterocycles. The fourth-order valence-corrected chi connectivity index (χ4v) is 3.02. The standard InChI is InChI=1S/C18H24N2O5/c1-3-9-19(12-17(22)23)18(24)13-10-16(21)20(11-13)14-7-5-6-8-15(14)25-4-2/h5-8,13H,3-4,9-12H2,1-2H3,(H,22,23). The van der Waals surface area contributed by atoms with E-state index in [1.165, 1.54) is 4.90 Å². The summed E-state index contributed by atoms with van der Waals surface area (Å²) >= 11 is 0. The lowest BCUT2D eigenvalue weighted by Gasteiger charge is -2.24. The molecule has 1 fully saturated rings. The maximum absolute atomic E-state index is 12.7. The van der Waals surface area contributed by atoms with E-state index >= 15 is 0 Å². The number of carbonyl (C=O) groups is 3. The smallest absolute Gasteiger partial charge is 0.323 e. The SMILES string of the molecule is CCCN(CC(=O)O)C(=O)C1CC(=O)N(c2ccccc2OCC)C1. The third kappa shape index (κ3) is 4.49. The van der Waals surface area contributed by atoms with Crippen molar-refractivity contribution in [3.8, 4) is 5.75 Å². The number of amides is 2. The molecular formula is C18H24N2O5. The van der Waals surface area contributed by atoms with Gasteiger partial charge in [0.05, 0.1) is 18.2 Å². The van der Waals surface area contributed by atoms with Crippen molar-refractivity contribution in [2.75, 3.05) is 31.1 Å². The van der Waals surface area contributed by atoms with Crippen LogP contribution in [0.5, 0.6) is 5.75 Å². The molecule has 1 unspecified atom stereocenters. The van der Waals surface area contributed by atoms with Gasteiger partial charge in [-0.3, -0.25) is 14.4 Å². The van der Waals surface area contributed by atoms with Crippen molar-refractivity contribution in [1.82, 2.24) is 4.90 Å². The summed E-state index contributed by atoms with van der Waals surface area (Å²) < 4.78 is 5.57. The van der Waals surface area contributed by atoms with E-state index in [0.717, 1.165) is 0 Å². The van der Waals surface area contributed by atoms with Crippen molar-refractivity contribution >= 4 is 23.5 Å². The molecule has 2 rings (SSSR count). The second-order valence-corrected chi connectivity index (χ2v) is 5.96. The number of nitrogens with zero attached hydrogens (tertiary/aromatic N) is 2. The predicted molar refractivity (Wildman–Crippen MR) is 92.6 cm³/mol. The van der Waals surface area contributed by atoms with E-state index in [1.54, 1.807) is 17.0 Å². The number of rotatable bonds is 8. The van der Waals surface area contributed by atoms with Gasteiger partial charge in [-0.1, -0.05) is 19.1 Å². The number of para-hydroxylation sites is 2. The third-order valence-electron chi connectivity index (χ3n) is 4.06. The molecular weight excluding hydrogens is 324 g/mol. The van der Waals surface area contributed by atoms with E-state index in [0.29, 0.717) is 31.0 Å². The van der Waals surface area contributed by atoms with Gasteiger partial charge >= 0.3 is 5.97 Å². The lowest BCUT2D eigenvalue weighted by atomic mass is 10.1. The highest BCUT2D eigenvalue weighted by molar-refractivity contribution is 6.01. The first-order valence-corrected chi connectivity index (χ1v) is 8.50. The van der Waals surface area contributed by atoms with Crippen LogP contribution in [0.1, 0.15) is 26.7 Å². The number of hydrogen-bond donors (Lipinski definition) is 1. The number of ether oxygens (including phenoxy) is 1. The van der Waals surface area contributed by atoms with Gasteiger partial charge in [-0.2, -0.15) is 0 Å². The third-order valence-corrected chi connectivity index (χ3v) is 4.06.